The first-order valence-corrected chi connectivity index (χ1v) is 9.87. The van der Waals surface area contributed by atoms with Gasteiger partial charge in [-0.3, -0.25) is 0 Å². The summed E-state index contributed by atoms with van der Waals surface area (Å²) in [5.74, 6) is -2.48. The Kier molecular flexibility index (Phi) is 4.61. The van der Waals surface area contributed by atoms with Gasteiger partial charge in [-0.25, -0.2) is 25.6 Å². The van der Waals surface area contributed by atoms with Crippen molar-refractivity contribution in [2.75, 3.05) is 18.8 Å². The monoisotopic (exact) mass is 353 g/mol. The van der Waals surface area contributed by atoms with Crippen LogP contribution in [-0.2, 0) is 19.9 Å². The summed E-state index contributed by atoms with van der Waals surface area (Å²) in [5, 5.41) is -0.820. The molecule has 1 saturated heterocycles. The van der Waals surface area contributed by atoms with Crippen molar-refractivity contribution in [2.24, 2.45) is 5.92 Å². The van der Waals surface area contributed by atoms with Gasteiger partial charge in [0.05, 0.1) is 11.0 Å². The van der Waals surface area contributed by atoms with Gasteiger partial charge in [-0.2, -0.15) is 4.31 Å². The van der Waals surface area contributed by atoms with Gasteiger partial charge in [0.1, 0.15) is 11.6 Å². The predicted octanol–water partition coefficient (Wildman–Crippen LogP) is 1.41. The number of rotatable bonds is 5. The van der Waals surface area contributed by atoms with Crippen LogP contribution in [0, 0.1) is 17.6 Å². The lowest BCUT2D eigenvalue weighted by molar-refractivity contribution is 0.306. The van der Waals surface area contributed by atoms with Crippen molar-refractivity contribution in [1.29, 1.82) is 0 Å². The Balaban J connectivity index is 2.20. The summed E-state index contributed by atoms with van der Waals surface area (Å²) in [5.41, 5.74) is 0. The third-order valence-corrected chi connectivity index (χ3v) is 7.73. The van der Waals surface area contributed by atoms with E-state index in [-0.39, 0.29) is 24.8 Å². The van der Waals surface area contributed by atoms with Crippen LogP contribution in [0.3, 0.4) is 0 Å². The van der Waals surface area contributed by atoms with E-state index in [4.69, 9.17) is 0 Å². The first-order chi connectivity index (χ1) is 10.1. The maximum absolute atomic E-state index is 13.6. The van der Waals surface area contributed by atoms with Gasteiger partial charge >= 0.3 is 0 Å². The molecule has 0 radical (unpaired) electrons. The van der Waals surface area contributed by atoms with Gasteiger partial charge in [0, 0.05) is 13.1 Å². The first kappa shape index (κ1) is 17.3. The summed E-state index contributed by atoms with van der Waals surface area (Å²) >= 11 is 0. The molecule has 1 aliphatic rings. The Labute approximate surface area is 128 Å². The Morgan fingerprint density at radius 1 is 1.14 bits per heavy atom. The summed E-state index contributed by atoms with van der Waals surface area (Å²) in [4.78, 5) is -1.03. The van der Waals surface area contributed by atoms with Crippen molar-refractivity contribution in [3.8, 4) is 0 Å². The lowest BCUT2D eigenvalue weighted by Crippen LogP contribution is -2.57. The van der Waals surface area contributed by atoms with Crippen LogP contribution >= 0.6 is 0 Å². The van der Waals surface area contributed by atoms with Crippen molar-refractivity contribution >= 4 is 19.9 Å². The van der Waals surface area contributed by atoms with Gasteiger partial charge in [-0.05, 0) is 18.1 Å². The van der Waals surface area contributed by atoms with E-state index in [2.05, 4.69) is 0 Å². The van der Waals surface area contributed by atoms with E-state index >= 15 is 0 Å². The summed E-state index contributed by atoms with van der Waals surface area (Å²) in [6, 6.07) is 2.77. The van der Waals surface area contributed by atoms with Crippen LogP contribution in [0.15, 0.2) is 23.1 Å². The summed E-state index contributed by atoms with van der Waals surface area (Å²) < 4.78 is 76.4. The number of hydrogen-bond acceptors (Lipinski definition) is 4. The molecule has 124 valence electrons. The molecule has 2 rings (SSSR count). The molecule has 0 bridgehead atoms. The molecule has 0 aromatic heterocycles. The van der Waals surface area contributed by atoms with Crippen molar-refractivity contribution in [3.63, 3.8) is 0 Å². The maximum Gasteiger partial charge on any atom is 0.249 e. The number of hydrogen-bond donors (Lipinski definition) is 0. The average molecular weight is 353 g/mol. The standard InChI is InChI=1S/C13H17F2NO4S2/c1-9(2)8-21(17,18)10-6-16(7-10)22(19,20)13-11(14)4-3-5-12(13)15/h3-5,9-10H,6-8H2,1-2H3. The van der Waals surface area contributed by atoms with Gasteiger partial charge in [-0.15, -0.1) is 0 Å². The van der Waals surface area contributed by atoms with E-state index in [0.717, 1.165) is 22.5 Å². The molecule has 0 aliphatic carbocycles. The fourth-order valence-corrected chi connectivity index (χ4v) is 6.13. The largest absolute Gasteiger partial charge is 0.249 e. The summed E-state index contributed by atoms with van der Waals surface area (Å²) in [7, 11) is -7.78. The fraction of sp³-hybridized carbons (Fsp3) is 0.538. The molecule has 1 fully saturated rings. The van der Waals surface area contributed by atoms with Crippen LogP contribution < -0.4 is 0 Å². The second kappa shape index (κ2) is 5.86. The van der Waals surface area contributed by atoms with Gasteiger partial charge in [0.15, 0.2) is 14.7 Å². The van der Waals surface area contributed by atoms with Crippen molar-refractivity contribution in [1.82, 2.24) is 4.31 Å². The normalized spacial score (nSPS) is 17.7. The van der Waals surface area contributed by atoms with Gasteiger partial charge < -0.3 is 0 Å². The van der Waals surface area contributed by atoms with Crippen LogP contribution in [0.1, 0.15) is 13.8 Å². The lowest BCUT2D eigenvalue weighted by atomic mass is 10.3. The van der Waals surface area contributed by atoms with E-state index in [9.17, 15) is 25.6 Å². The fourth-order valence-electron chi connectivity index (χ4n) is 2.28. The Hall–Kier alpha value is -1.06. The molecule has 9 heteroatoms. The molecule has 0 atom stereocenters. The molecule has 0 unspecified atom stereocenters. The minimum absolute atomic E-state index is 0.0421. The summed E-state index contributed by atoms with van der Waals surface area (Å²) in [6.45, 7) is 2.95. The summed E-state index contributed by atoms with van der Waals surface area (Å²) in [6.07, 6.45) is 0. The van der Waals surface area contributed by atoms with Crippen LogP contribution in [-0.4, -0.2) is 45.2 Å². The molecule has 0 spiro atoms. The number of benzene rings is 1. The van der Waals surface area contributed by atoms with Crippen LogP contribution in [0.5, 0.6) is 0 Å². The highest BCUT2D eigenvalue weighted by atomic mass is 32.2. The third kappa shape index (κ3) is 3.16. The second-order valence-corrected chi connectivity index (χ2v) is 9.92. The molecule has 22 heavy (non-hydrogen) atoms. The SMILES string of the molecule is CC(C)CS(=O)(=O)C1CN(S(=O)(=O)c2c(F)cccc2F)C1. The zero-order valence-electron chi connectivity index (χ0n) is 12.2. The van der Waals surface area contributed by atoms with Crippen LogP contribution in [0.4, 0.5) is 8.78 Å². The molecule has 1 aromatic carbocycles. The topological polar surface area (TPSA) is 71.5 Å². The first-order valence-electron chi connectivity index (χ1n) is 6.71. The molecule has 1 aliphatic heterocycles. The number of sulfonamides is 1. The molecule has 0 N–H and O–H groups in total. The van der Waals surface area contributed by atoms with Crippen LogP contribution in [0.25, 0.3) is 0 Å². The number of halogens is 2. The smallest absolute Gasteiger partial charge is 0.228 e. The zero-order valence-corrected chi connectivity index (χ0v) is 13.8. The molecular formula is C13H17F2NO4S2. The maximum atomic E-state index is 13.6. The highest BCUT2D eigenvalue weighted by molar-refractivity contribution is 7.92. The van der Waals surface area contributed by atoms with E-state index in [1.165, 1.54) is 0 Å². The molecule has 1 aromatic rings. The third-order valence-electron chi connectivity index (χ3n) is 3.40. The zero-order chi connectivity index (χ0) is 16.7. The minimum Gasteiger partial charge on any atom is -0.228 e. The second-order valence-electron chi connectivity index (χ2n) is 5.72. The molecule has 0 amide bonds. The van der Waals surface area contributed by atoms with E-state index in [1.807, 2.05) is 0 Å². The quantitative estimate of drug-likeness (QED) is 0.802. The van der Waals surface area contributed by atoms with Crippen molar-refractivity contribution in [2.45, 2.75) is 24.0 Å². The Bertz CT molecular complexity index is 749. The highest BCUT2D eigenvalue weighted by Gasteiger charge is 2.45. The Morgan fingerprint density at radius 3 is 2.09 bits per heavy atom. The molecule has 0 saturated carbocycles. The van der Waals surface area contributed by atoms with E-state index in [1.54, 1.807) is 13.8 Å². The van der Waals surface area contributed by atoms with Gasteiger partial charge in [0.25, 0.3) is 0 Å². The average Bonchev–Trinajstić information content (AvgIpc) is 2.22. The van der Waals surface area contributed by atoms with Gasteiger partial charge in [-0.1, -0.05) is 19.9 Å². The molecule has 5 nitrogen and oxygen atoms in total. The predicted molar refractivity (Wildman–Crippen MR) is 77.5 cm³/mol. The Morgan fingerprint density at radius 2 is 1.64 bits per heavy atom. The van der Waals surface area contributed by atoms with Crippen molar-refractivity contribution in [3.05, 3.63) is 29.8 Å². The van der Waals surface area contributed by atoms with E-state index in [0.29, 0.717) is 0 Å². The van der Waals surface area contributed by atoms with E-state index < -0.39 is 41.6 Å². The lowest BCUT2D eigenvalue weighted by Gasteiger charge is -2.37. The van der Waals surface area contributed by atoms with Crippen molar-refractivity contribution < 1.29 is 25.6 Å². The molecular weight excluding hydrogens is 336 g/mol. The van der Waals surface area contributed by atoms with Gasteiger partial charge in [0.2, 0.25) is 10.0 Å². The minimum atomic E-state index is -4.37. The number of sulfone groups is 1. The van der Waals surface area contributed by atoms with Crippen LogP contribution in [0.2, 0.25) is 0 Å². The number of nitrogens with zero attached hydrogens (tertiary/aromatic N) is 1. The highest BCUT2D eigenvalue weighted by Crippen LogP contribution is 2.29. The molecule has 1 heterocycles.